The smallest absolute Gasteiger partial charge is 0.191 e. The second-order valence-electron chi connectivity index (χ2n) is 7.62. The number of para-hydroxylation sites is 2. The van der Waals surface area contributed by atoms with E-state index >= 15 is 0 Å². The summed E-state index contributed by atoms with van der Waals surface area (Å²) in [6.07, 6.45) is 5.54. The summed E-state index contributed by atoms with van der Waals surface area (Å²) >= 11 is 0. The van der Waals surface area contributed by atoms with Gasteiger partial charge in [-0.3, -0.25) is 0 Å². The molecule has 0 unspecified atom stereocenters. The molecule has 2 aromatic heterocycles. The zero-order chi connectivity index (χ0) is 22.3. The highest BCUT2D eigenvalue weighted by Gasteiger charge is 2.10. The van der Waals surface area contributed by atoms with Crippen LogP contribution >= 0.6 is 0 Å². The monoisotopic (exact) mass is 427 g/mol. The molecule has 32 heavy (non-hydrogen) atoms. The number of imidazole rings is 1. The van der Waals surface area contributed by atoms with Crippen molar-refractivity contribution in [1.29, 1.82) is 0 Å². The molecule has 4 rings (SSSR count). The number of aliphatic imine (C=N–C) groups is 1. The van der Waals surface area contributed by atoms with Gasteiger partial charge in [0, 0.05) is 31.2 Å². The Morgan fingerprint density at radius 1 is 0.969 bits per heavy atom. The maximum atomic E-state index is 4.83. The Morgan fingerprint density at radius 2 is 1.72 bits per heavy atom. The van der Waals surface area contributed by atoms with Crippen LogP contribution in [0.15, 0.2) is 78.3 Å². The number of nitrogens with one attached hydrogen (secondary N) is 2. The molecule has 7 nitrogen and oxygen atoms in total. The maximum absolute atomic E-state index is 4.83. The van der Waals surface area contributed by atoms with Crippen LogP contribution in [0, 0.1) is 13.8 Å². The topological polar surface area (TPSA) is 72.1 Å². The Labute approximate surface area is 188 Å². The molecule has 0 aliphatic carbocycles. The Balaban J connectivity index is 1.53. The molecule has 0 amide bonds. The summed E-state index contributed by atoms with van der Waals surface area (Å²) in [5.74, 6) is 0.774. The summed E-state index contributed by atoms with van der Waals surface area (Å²) in [7, 11) is 0. The molecule has 0 saturated heterocycles. The third-order valence-corrected chi connectivity index (χ3v) is 5.20. The molecule has 4 aromatic rings. The molecule has 7 heteroatoms. The van der Waals surface area contributed by atoms with Gasteiger partial charge < -0.3 is 15.2 Å². The van der Waals surface area contributed by atoms with Crippen molar-refractivity contribution in [3.8, 4) is 11.4 Å². The molecule has 2 heterocycles. The highest BCUT2D eigenvalue weighted by Crippen LogP contribution is 2.17. The summed E-state index contributed by atoms with van der Waals surface area (Å²) in [6, 6.07) is 18.7. The highest BCUT2D eigenvalue weighted by molar-refractivity contribution is 5.79. The lowest BCUT2D eigenvalue weighted by Gasteiger charge is -2.15. The molecule has 0 radical (unpaired) electrons. The predicted molar refractivity (Wildman–Crippen MR) is 128 cm³/mol. The Morgan fingerprint density at radius 3 is 2.41 bits per heavy atom. The van der Waals surface area contributed by atoms with Crippen LogP contribution in [0.25, 0.3) is 11.4 Å². The molecule has 0 fully saturated rings. The first-order chi connectivity index (χ1) is 15.7. The number of guanidine groups is 1. The Bertz CT molecular complexity index is 1190. The fourth-order valence-electron chi connectivity index (χ4n) is 3.72. The van der Waals surface area contributed by atoms with Crippen LogP contribution in [-0.4, -0.2) is 31.8 Å². The van der Waals surface area contributed by atoms with E-state index in [1.807, 2.05) is 46.9 Å². The van der Waals surface area contributed by atoms with E-state index in [0.717, 1.165) is 46.4 Å². The van der Waals surface area contributed by atoms with Crippen molar-refractivity contribution in [1.82, 2.24) is 30.0 Å². The van der Waals surface area contributed by atoms with Gasteiger partial charge in [0.05, 0.1) is 29.9 Å². The van der Waals surface area contributed by atoms with E-state index in [0.29, 0.717) is 13.1 Å². The Hall–Kier alpha value is -3.87. The van der Waals surface area contributed by atoms with E-state index in [-0.39, 0.29) is 0 Å². The average Bonchev–Trinajstić information content (AvgIpc) is 3.45. The van der Waals surface area contributed by atoms with Crippen molar-refractivity contribution in [3.05, 3.63) is 95.8 Å². The molecule has 0 atom stereocenters. The van der Waals surface area contributed by atoms with Gasteiger partial charge in [0.15, 0.2) is 5.96 Å². The van der Waals surface area contributed by atoms with Crippen molar-refractivity contribution in [2.45, 2.75) is 33.9 Å². The van der Waals surface area contributed by atoms with Crippen LogP contribution in [0.2, 0.25) is 0 Å². The minimum atomic E-state index is 0.558. The van der Waals surface area contributed by atoms with Crippen molar-refractivity contribution in [3.63, 3.8) is 0 Å². The largest absolute Gasteiger partial charge is 0.357 e. The van der Waals surface area contributed by atoms with E-state index in [9.17, 15) is 0 Å². The van der Waals surface area contributed by atoms with Crippen molar-refractivity contribution in [2.75, 3.05) is 6.54 Å². The van der Waals surface area contributed by atoms with Crippen molar-refractivity contribution >= 4 is 5.96 Å². The van der Waals surface area contributed by atoms with E-state index in [2.05, 4.69) is 71.0 Å². The van der Waals surface area contributed by atoms with Gasteiger partial charge in [0.1, 0.15) is 0 Å². The van der Waals surface area contributed by atoms with Crippen molar-refractivity contribution < 1.29 is 0 Å². The number of benzene rings is 2. The number of rotatable bonds is 7. The zero-order valence-electron chi connectivity index (χ0n) is 18.8. The third kappa shape index (κ3) is 4.88. The molecule has 0 saturated carbocycles. The zero-order valence-corrected chi connectivity index (χ0v) is 18.8. The molecule has 2 aromatic carbocycles. The van der Waals surface area contributed by atoms with Crippen LogP contribution in [0.3, 0.4) is 0 Å². The van der Waals surface area contributed by atoms with Gasteiger partial charge in [-0.25, -0.2) is 14.7 Å². The van der Waals surface area contributed by atoms with Gasteiger partial charge in [-0.2, -0.15) is 5.10 Å². The molecular weight excluding hydrogens is 398 g/mol. The van der Waals surface area contributed by atoms with Gasteiger partial charge in [0.2, 0.25) is 0 Å². The van der Waals surface area contributed by atoms with Gasteiger partial charge in [-0.1, -0.05) is 36.4 Å². The van der Waals surface area contributed by atoms with Gasteiger partial charge >= 0.3 is 0 Å². The standard InChI is InChI=1S/C25H29N7/c1-4-27-25(28-16-21-9-5-7-11-23(21)31-14-13-26-18-31)29-17-22-10-6-8-12-24(22)32-20(3)15-19(2)30-32/h5-15,18H,4,16-17H2,1-3H3,(H2,27,28,29). The molecule has 2 N–H and O–H groups in total. The maximum Gasteiger partial charge on any atom is 0.191 e. The lowest BCUT2D eigenvalue weighted by molar-refractivity contribution is 0.783. The van der Waals surface area contributed by atoms with E-state index in [1.165, 1.54) is 0 Å². The number of aryl methyl sites for hydroxylation is 2. The number of hydrogen-bond donors (Lipinski definition) is 2. The molecule has 0 bridgehead atoms. The number of aromatic nitrogens is 4. The fourth-order valence-corrected chi connectivity index (χ4v) is 3.72. The summed E-state index contributed by atoms with van der Waals surface area (Å²) in [5, 5.41) is 11.5. The lowest BCUT2D eigenvalue weighted by Crippen LogP contribution is -2.37. The SMILES string of the molecule is CCNC(=NCc1ccccc1-n1ccnc1)NCc1ccccc1-n1nc(C)cc1C. The minimum Gasteiger partial charge on any atom is -0.357 e. The first-order valence-electron chi connectivity index (χ1n) is 10.9. The molecule has 0 aliphatic heterocycles. The first kappa shape index (κ1) is 21.4. The molecule has 0 aliphatic rings. The lowest BCUT2D eigenvalue weighted by atomic mass is 10.1. The van der Waals surface area contributed by atoms with Crippen LogP contribution in [0.4, 0.5) is 0 Å². The second-order valence-corrected chi connectivity index (χ2v) is 7.62. The quantitative estimate of drug-likeness (QED) is 0.346. The first-order valence-corrected chi connectivity index (χ1v) is 10.9. The minimum absolute atomic E-state index is 0.558. The van der Waals surface area contributed by atoms with Crippen molar-refractivity contribution in [2.24, 2.45) is 4.99 Å². The average molecular weight is 428 g/mol. The van der Waals surface area contributed by atoms with Crippen LogP contribution < -0.4 is 10.6 Å². The summed E-state index contributed by atoms with van der Waals surface area (Å²) in [5.41, 5.74) is 6.57. The number of hydrogen-bond acceptors (Lipinski definition) is 3. The van der Waals surface area contributed by atoms with Crippen LogP contribution in [0.5, 0.6) is 0 Å². The van der Waals surface area contributed by atoms with Crippen LogP contribution in [0.1, 0.15) is 29.4 Å². The van der Waals surface area contributed by atoms with Crippen LogP contribution in [-0.2, 0) is 13.1 Å². The highest BCUT2D eigenvalue weighted by atomic mass is 15.3. The summed E-state index contributed by atoms with van der Waals surface area (Å²) in [6.45, 7) is 8.15. The van der Waals surface area contributed by atoms with Gasteiger partial charge in [0.25, 0.3) is 0 Å². The predicted octanol–water partition coefficient (Wildman–Crippen LogP) is 3.93. The van der Waals surface area contributed by atoms with Gasteiger partial charge in [-0.15, -0.1) is 0 Å². The second kappa shape index (κ2) is 9.96. The van der Waals surface area contributed by atoms with E-state index in [4.69, 9.17) is 4.99 Å². The van der Waals surface area contributed by atoms with Gasteiger partial charge in [-0.05, 0) is 50.1 Å². The number of nitrogens with zero attached hydrogens (tertiary/aromatic N) is 5. The summed E-state index contributed by atoms with van der Waals surface area (Å²) < 4.78 is 4.01. The Kier molecular flexibility index (Phi) is 6.65. The fraction of sp³-hybridized carbons (Fsp3) is 0.240. The third-order valence-electron chi connectivity index (χ3n) is 5.20. The van der Waals surface area contributed by atoms with E-state index < -0.39 is 0 Å². The molecule has 0 spiro atoms. The van der Waals surface area contributed by atoms with E-state index in [1.54, 1.807) is 6.20 Å². The normalized spacial score (nSPS) is 11.5. The summed E-state index contributed by atoms with van der Waals surface area (Å²) in [4.78, 5) is 9.00. The molecule has 164 valence electrons. The molecular formula is C25H29N7.